The largest absolute Gasteiger partial charge is 0.389 e. The molecule has 0 atom stereocenters. The molecule has 0 spiro atoms. The molecule has 4 nitrogen and oxygen atoms in total. The molecule has 0 saturated carbocycles. The van der Waals surface area contributed by atoms with Gasteiger partial charge in [-0.1, -0.05) is 30.4 Å². The number of nitrogens with two attached hydrogens (primary N) is 1. The third-order valence-electron chi connectivity index (χ3n) is 2.48. The molecular weight excluding hydrogens is 280 g/mol. The molecule has 0 aliphatic rings. The van der Waals surface area contributed by atoms with Crippen molar-refractivity contribution in [3.63, 3.8) is 0 Å². The molecule has 0 aliphatic heterocycles. The first kappa shape index (κ1) is 13.5. The van der Waals surface area contributed by atoms with Gasteiger partial charge in [0.15, 0.2) is 0 Å². The Labute approximate surface area is 117 Å². The fourth-order valence-electron chi connectivity index (χ4n) is 1.52. The molecule has 0 radical (unpaired) electrons. The van der Waals surface area contributed by atoms with E-state index < -0.39 is 10.0 Å². The van der Waals surface area contributed by atoms with Gasteiger partial charge in [0.1, 0.15) is 4.99 Å². The summed E-state index contributed by atoms with van der Waals surface area (Å²) in [5, 5.41) is 0. The molecule has 0 aliphatic carbocycles. The van der Waals surface area contributed by atoms with E-state index in [-0.39, 0.29) is 9.88 Å². The minimum Gasteiger partial charge on any atom is -0.389 e. The molecule has 98 valence electrons. The highest BCUT2D eigenvalue weighted by Crippen LogP contribution is 2.16. The van der Waals surface area contributed by atoms with Crippen molar-refractivity contribution in [3.8, 4) is 0 Å². The Kier molecular flexibility index (Phi) is 3.82. The minimum atomic E-state index is -3.56. The van der Waals surface area contributed by atoms with Crippen LogP contribution in [0, 0.1) is 0 Å². The van der Waals surface area contributed by atoms with Gasteiger partial charge in [-0.3, -0.25) is 4.72 Å². The van der Waals surface area contributed by atoms with Crippen molar-refractivity contribution in [2.75, 3.05) is 4.72 Å². The Morgan fingerprint density at radius 3 is 2.11 bits per heavy atom. The second kappa shape index (κ2) is 5.38. The number of benzene rings is 2. The van der Waals surface area contributed by atoms with E-state index in [0.29, 0.717) is 11.3 Å². The molecule has 0 unspecified atom stereocenters. The SMILES string of the molecule is NC(=S)c1ccc(NS(=O)(=O)c2ccccc2)cc1. The summed E-state index contributed by atoms with van der Waals surface area (Å²) in [5.74, 6) is 0. The Morgan fingerprint density at radius 1 is 1.00 bits per heavy atom. The van der Waals surface area contributed by atoms with Crippen LogP contribution in [-0.2, 0) is 10.0 Å². The summed E-state index contributed by atoms with van der Waals surface area (Å²) in [6, 6.07) is 14.8. The van der Waals surface area contributed by atoms with Crippen LogP contribution in [0.3, 0.4) is 0 Å². The van der Waals surface area contributed by atoms with Crippen molar-refractivity contribution in [3.05, 3.63) is 60.2 Å². The average Bonchev–Trinajstić information content (AvgIpc) is 2.40. The standard InChI is InChI=1S/C13H12N2O2S2/c14-13(18)10-6-8-11(9-7-10)15-19(16,17)12-4-2-1-3-5-12/h1-9,15H,(H2,14,18). The lowest BCUT2D eigenvalue weighted by Crippen LogP contribution is -2.13. The number of rotatable bonds is 4. The van der Waals surface area contributed by atoms with Crippen molar-refractivity contribution in [2.45, 2.75) is 4.90 Å². The lowest BCUT2D eigenvalue weighted by atomic mass is 10.2. The molecule has 2 aromatic rings. The van der Waals surface area contributed by atoms with Gasteiger partial charge < -0.3 is 5.73 Å². The fraction of sp³-hybridized carbons (Fsp3) is 0. The zero-order chi connectivity index (χ0) is 13.9. The molecule has 19 heavy (non-hydrogen) atoms. The molecule has 6 heteroatoms. The Hall–Kier alpha value is -1.92. The monoisotopic (exact) mass is 292 g/mol. The van der Waals surface area contributed by atoms with E-state index >= 15 is 0 Å². The van der Waals surface area contributed by atoms with E-state index in [2.05, 4.69) is 4.72 Å². The maximum atomic E-state index is 12.1. The molecule has 0 bridgehead atoms. The summed E-state index contributed by atoms with van der Waals surface area (Å²) in [6.45, 7) is 0. The number of hydrogen-bond acceptors (Lipinski definition) is 3. The van der Waals surface area contributed by atoms with Crippen LogP contribution < -0.4 is 10.5 Å². The molecular formula is C13H12N2O2S2. The van der Waals surface area contributed by atoms with Crippen molar-refractivity contribution in [1.82, 2.24) is 0 Å². The third-order valence-corrected chi connectivity index (χ3v) is 4.11. The van der Waals surface area contributed by atoms with Gasteiger partial charge in [0, 0.05) is 11.3 Å². The van der Waals surface area contributed by atoms with Gasteiger partial charge in [0.2, 0.25) is 0 Å². The van der Waals surface area contributed by atoms with Crippen molar-refractivity contribution in [2.24, 2.45) is 5.73 Å². The van der Waals surface area contributed by atoms with Crippen LogP contribution in [0.4, 0.5) is 5.69 Å². The second-order valence-electron chi connectivity index (χ2n) is 3.86. The number of sulfonamides is 1. The summed E-state index contributed by atoms with van der Waals surface area (Å²) in [6.07, 6.45) is 0. The average molecular weight is 292 g/mol. The predicted molar refractivity (Wildman–Crippen MR) is 79.6 cm³/mol. The summed E-state index contributed by atoms with van der Waals surface area (Å²) in [5.41, 5.74) is 6.63. The molecule has 0 fully saturated rings. The molecule has 0 amide bonds. The Bertz CT molecular complexity index is 680. The second-order valence-corrected chi connectivity index (χ2v) is 5.98. The van der Waals surface area contributed by atoms with Gasteiger partial charge in [-0.2, -0.15) is 0 Å². The summed E-state index contributed by atoms with van der Waals surface area (Å²) >= 11 is 4.83. The predicted octanol–water partition coefficient (Wildman–Crippen LogP) is 2.12. The first-order chi connectivity index (χ1) is 8.99. The number of anilines is 1. The summed E-state index contributed by atoms with van der Waals surface area (Å²) in [4.78, 5) is 0.492. The van der Waals surface area contributed by atoms with Gasteiger partial charge in [-0.15, -0.1) is 0 Å². The maximum absolute atomic E-state index is 12.1. The van der Waals surface area contributed by atoms with Crippen molar-refractivity contribution >= 4 is 32.9 Å². The van der Waals surface area contributed by atoms with Gasteiger partial charge in [0.25, 0.3) is 10.0 Å². The van der Waals surface area contributed by atoms with Gasteiger partial charge in [0.05, 0.1) is 4.90 Å². The van der Waals surface area contributed by atoms with Crippen LogP contribution >= 0.6 is 12.2 Å². The van der Waals surface area contributed by atoms with Crippen molar-refractivity contribution < 1.29 is 8.42 Å². The molecule has 3 N–H and O–H groups in total. The van der Waals surface area contributed by atoms with Gasteiger partial charge >= 0.3 is 0 Å². The smallest absolute Gasteiger partial charge is 0.261 e. The van der Waals surface area contributed by atoms with Crippen LogP contribution in [0.25, 0.3) is 0 Å². The zero-order valence-electron chi connectivity index (χ0n) is 9.91. The summed E-state index contributed by atoms with van der Waals surface area (Å²) < 4.78 is 26.6. The fourth-order valence-corrected chi connectivity index (χ4v) is 2.73. The number of hydrogen-bond donors (Lipinski definition) is 2. The molecule has 0 saturated heterocycles. The highest BCUT2D eigenvalue weighted by atomic mass is 32.2. The minimum absolute atomic E-state index is 0.216. The number of thiocarbonyl (C=S) groups is 1. The van der Waals surface area contributed by atoms with E-state index in [9.17, 15) is 8.42 Å². The highest BCUT2D eigenvalue weighted by Gasteiger charge is 2.13. The number of nitrogens with one attached hydrogen (secondary N) is 1. The zero-order valence-corrected chi connectivity index (χ0v) is 11.5. The normalized spacial score (nSPS) is 10.9. The molecule has 0 heterocycles. The van der Waals surface area contributed by atoms with Crippen LogP contribution in [0.2, 0.25) is 0 Å². The van der Waals surface area contributed by atoms with Gasteiger partial charge in [-0.05, 0) is 36.4 Å². The lowest BCUT2D eigenvalue weighted by Gasteiger charge is -2.08. The molecule has 2 rings (SSSR count). The van der Waals surface area contributed by atoms with Crippen LogP contribution in [0.5, 0.6) is 0 Å². The Morgan fingerprint density at radius 2 is 1.58 bits per heavy atom. The topological polar surface area (TPSA) is 72.2 Å². The van der Waals surface area contributed by atoms with E-state index in [1.165, 1.54) is 12.1 Å². The molecule has 0 aromatic heterocycles. The van der Waals surface area contributed by atoms with E-state index in [4.69, 9.17) is 18.0 Å². The van der Waals surface area contributed by atoms with E-state index in [1.54, 1.807) is 42.5 Å². The quantitative estimate of drug-likeness (QED) is 0.847. The third kappa shape index (κ3) is 3.30. The first-order valence-electron chi connectivity index (χ1n) is 5.47. The molecule has 2 aromatic carbocycles. The van der Waals surface area contributed by atoms with Crippen LogP contribution in [-0.4, -0.2) is 13.4 Å². The Balaban J connectivity index is 2.24. The highest BCUT2D eigenvalue weighted by molar-refractivity contribution is 7.92. The van der Waals surface area contributed by atoms with Crippen LogP contribution in [0.15, 0.2) is 59.5 Å². The van der Waals surface area contributed by atoms with Crippen molar-refractivity contribution in [1.29, 1.82) is 0 Å². The van der Waals surface area contributed by atoms with Crippen LogP contribution in [0.1, 0.15) is 5.56 Å². The lowest BCUT2D eigenvalue weighted by molar-refractivity contribution is 0.601. The first-order valence-corrected chi connectivity index (χ1v) is 7.36. The maximum Gasteiger partial charge on any atom is 0.261 e. The van der Waals surface area contributed by atoms with E-state index in [0.717, 1.165) is 0 Å². The van der Waals surface area contributed by atoms with E-state index in [1.807, 2.05) is 0 Å². The van der Waals surface area contributed by atoms with Gasteiger partial charge in [-0.25, -0.2) is 8.42 Å². The summed E-state index contributed by atoms with van der Waals surface area (Å²) in [7, 11) is -3.56.